The predicted octanol–water partition coefficient (Wildman–Crippen LogP) is 5.06. The first kappa shape index (κ1) is 16.3. The van der Waals surface area contributed by atoms with Gasteiger partial charge >= 0.3 is 0 Å². The van der Waals surface area contributed by atoms with E-state index < -0.39 is 0 Å². The standard InChI is InChI=1S/C18H19Cl2N3/c1-10-5-6-14(11(2)9-10)16-13(4)22-23-17(20)15(7-8-19)12(3)21-18(16)23/h5-6,9H,7-8H2,1-4H3. The first-order valence-corrected chi connectivity index (χ1v) is 8.53. The van der Waals surface area contributed by atoms with Gasteiger partial charge in [0, 0.05) is 22.7 Å². The van der Waals surface area contributed by atoms with Crippen molar-refractivity contribution in [2.24, 2.45) is 0 Å². The van der Waals surface area contributed by atoms with Gasteiger partial charge in [0.25, 0.3) is 0 Å². The maximum atomic E-state index is 6.57. The monoisotopic (exact) mass is 347 g/mol. The molecular formula is C18H19Cl2N3. The van der Waals surface area contributed by atoms with Crippen molar-refractivity contribution < 1.29 is 0 Å². The van der Waals surface area contributed by atoms with E-state index in [1.54, 1.807) is 4.52 Å². The highest BCUT2D eigenvalue weighted by Crippen LogP contribution is 2.33. The van der Waals surface area contributed by atoms with Gasteiger partial charge in [0.2, 0.25) is 0 Å². The van der Waals surface area contributed by atoms with Gasteiger partial charge in [-0.05, 0) is 45.2 Å². The Hall–Kier alpha value is -1.58. The summed E-state index contributed by atoms with van der Waals surface area (Å²) >= 11 is 12.4. The lowest BCUT2D eigenvalue weighted by molar-refractivity contribution is 0.882. The minimum Gasteiger partial charge on any atom is -0.233 e. The SMILES string of the molecule is Cc1ccc(-c2c(C)nn3c(Cl)c(CCCl)c(C)nc23)c(C)c1. The number of hydrogen-bond acceptors (Lipinski definition) is 2. The fourth-order valence-corrected chi connectivity index (χ4v) is 3.58. The van der Waals surface area contributed by atoms with E-state index in [9.17, 15) is 0 Å². The molecule has 2 heterocycles. The van der Waals surface area contributed by atoms with Crippen LogP contribution in [0.1, 0.15) is 28.1 Å². The van der Waals surface area contributed by atoms with Gasteiger partial charge in [0.15, 0.2) is 5.65 Å². The molecule has 2 aromatic heterocycles. The predicted molar refractivity (Wildman–Crippen MR) is 96.8 cm³/mol. The van der Waals surface area contributed by atoms with Crippen LogP contribution in [0, 0.1) is 27.7 Å². The molecule has 23 heavy (non-hydrogen) atoms. The first-order valence-electron chi connectivity index (χ1n) is 7.62. The molecule has 3 rings (SSSR count). The van der Waals surface area contributed by atoms with Crippen LogP contribution >= 0.6 is 23.2 Å². The van der Waals surface area contributed by atoms with Crippen LogP contribution in [0.5, 0.6) is 0 Å². The molecule has 3 aromatic rings. The van der Waals surface area contributed by atoms with Crippen molar-refractivity contribution in [3.8, 4) is 11.1 Å². The number of hydrogen-bond donors (Lipinski definition) is 0. The summed E-state index contributed by atoms with van der Waals surface area (Å²) in [5, 5.41) is 5.22. The summed E-state index contributed by atoms with van der Waals surface area (Å²) in [6.45, 7) is 8.18. The Labute approximate surface area is 146 Å². The maximum Gasteiger partial charge on any atom is 0.165 e. The summed E-state index contributed by atoms with van der Waals surface area (Å²) in [6, 6.07) is 6.42. The van der Waals surface area contributed by atoms with Gasteiger partial charge in [-0.3, -0.25) is 0 Å². The van der Waals surface area contributed by atoms with Gasteiger partial charge in [-0.25, -0.2) is 9.50 Å². The molecule has 0 saturated carbocycles. The van der Waals surface area contributed by atoms with Gasteiger partial charge in [0.05, 0.1) is 5.69 Å². The number of alkyl halides is 1. The number of rotatable bonds is 3. The lowest BCUT2D eigenvalue weighted by atomic mass is 9.99. The number of benzene rings is 1. The van der Waals surface area contributed by atoms with Crippen molar-refractivity contribution >= 4 is 28.8 Å². The molecule has 0 aliphatic heterocycles. The summed E-state index contributed by atoms with van der Waals surface area (Å²) in [7, 11) is 0. The third-order valence-electron chi connectivity index (χ3n) is 4.18. The average Bonchev–Trinajstić information content (AvgIpc) is 2.80. The van der Waals surface area contributed by atoms with Crippen LogP contribution in [-0.4, -0.2) is 20.5 Å². The molecule has 0 aliphatic carbocycles. The maximum absolute atomic E-state index is 6.57. The zero-order valence-electron chi connectivity index (χ0n) is 13.7. The number of nitrogens with zero attached hydrogens (tertiary/aromatic N) is 3. The molecule has 3 nitrogen and oxygen atoms in total. The molecule has 0 saturated heterocycles. The second kappa shape index (κ2) is 6.14. The second-order valence-electron chi connectivity index (χ2n) is 5.92. The topological polar surface area (TPSA) is 30.2 Å². The van der Waals surface area contributed by atoms with Gasteiger partial charge < -0.3 is 0 Å². The summed E-state index contributed by atoms with van der Waals surface area (Å²) < 4.78 is 1.74. The van der Waals surface area contributed by atoms with Crippen molar-refractivity contribution in [1.82, 2.24) is 14.6 Å². The van der Waals surface area contributed by atoms with Crippen LogP contribution in [0.25, 0.3) is 16.8 Å². The Morgan fingerprint density at radius 2 is 1.83 bits per heavy atom. The summed E-state index contributed by atoms with van der Waals surface area (Å²) in [5.74, 6) is 0.512. The van der Waals surface area contributed by atoms with E-state index in [1.165, 1.54) is 11.1 Å². The lowest BCUT2D eigenvalue weighted by Crippen LogP contribution is -2.03. The lowest BCUT2D eigenvalue weighted by Gasteiger charge is -2.10. The normalized spacial score (nSPS) is 11.4. The Balaban J connectivity index is 2.32. The zero-order valence-corrected chi connectivity index (χ0v) is 15.3. The van der Waals surface area contributed by atoms with Crippen molar-refractivity contribution in [3.05, 3.63) is 51.4 Å². The minimum absolute atomic E-state index is 0.512. The summed E-state index contributed by atoms with van der Waals surface area (Å²) in [4.78, 5) is 4.77. The number of fused-ring (bicyclic) bond motifs is 1. The molecule has 0 N–H and O–H groups in total. The average molecular weight is 348 g/mol. The van der Waals surface area contributed by atoms with Crippen LogP contribution in [0.2, 0.25) is 5.15 Å². The van der Waals surface area contributed by atoms with E-state index in [1.807, 2.05) is 13.8 Å². The number of halogens is 2. The van der Waals surface area contributed by atoms with E-state index >= 15 is 0 Å². The van der Waals surface area contributed by atoms with Gasteiger partial charge in [0.1, 0.15) is 5.15 Å². The molecular weight excluding hydrogens is 329 g/mol. The van der Waals surface area contributed by atoms with Crippen LogP contribution in [0.3, 0.4) is 0 Å². The van der Waals surface area contributed by atoms with Crippen LogP contribution in [0.15, 0.2) is 18.2 Å². The van der Waals surface area contributed by atoms with Crippen molar-refractivity contribution in [2.75, 3.05) is 5.88 Å². The fraction of sp³-hybridized carbons (Fsp3) is 0.333. The smallest absolute Gasteiger partial charge is 0.165 e. The quantitative estimate of drug-likeness (QED) is 0.489. The van der Waals surface area contributed by atoms with Crippen LogP contribution in [-0.2, 0) is 6.42 Å². The molecule has 0 fully saturated rings. The molecule has 0 unspecified atom stereocenters. The fourth-order valence-electron chi connectivity index (χ4n) is 3.05. The largest absolute Gasteiger partial charge is 0.233 e. The highest BCUT2D eigenvalue weighted by molar-refractivity contribution is 6.30. The van der Waals surface area contributed by atoms with Crippen LogP contribution < -0.4 is 0 Å². The molecule has 5 heteroatoms. The Morgan fingerprint density at radius 1 is 1.09 bits per heavy atom. The molecule has 0 radical (unpaired) electrons. The van der Waals surface area contributed by atoms with E-state index in [0.717, 1.165) is 33.7 Å². The molecule has 1 aromatic carbocycles. The highest BCUT2D eigenvalue weighted by atomic mass is 35.5. The molecule has 0 atom stereocenters. The Bertz CT molecular complexity index is 897. The second-order valence-corrected chi connectivity index (χ2v) is 6.66. The van der Waals surface area contributed by atoms with Crippen molar-refractivity contribution in [1.29, 1.82) is 0 Å². The molecule has 0 bridgehead atoms. The molecule has 0 amide bonds. The number of aryl methyl sites for hydroxylation is 4. The molecule has 120 valence electrons. The molecule has 0 spiro atoms. The van der Waals surface area contributed by atoms with Gasteiger partial charge in [-0.2, -0.15) is 5.10 Å². The van der Waals surface area contributed by atoms with Crippen molar-refractivity contribution in [2.45, 2.75) is 34.1 Å². The van der Waals surface area contributed by atoms with Crippen molar-refractivity contribution in [3.63, 3.8) is 0 Å². The highest BCUT2D eigenvalue weighted by Gasteiger charge is 2.19. The van der Waals surface area contributed by atoms with E-state index in [2.05, 4.69) is 37.1 Å². The van der Waals surface area contributed by atoms with Crippen LogP contribution in [0.4, 0.5) is 0 Å². The zero-order chi connectivity index (χ0) is 16.7. The summed E-state index contributed by atoms with van der Waals surface area (Å²) in [5.41, 5.74) is 8.25. The minimum atomic E-state index is 0.512. The third-order valence-corrected chi connectivity index (χ3v) is 4.75. The Morgan fingerprint density at radius 3 is 2.48 bits per heavy atom. The van der Waals surface area contributed by atoms with E-state index in [-0.39, 0.29) is 0 Å². The first-order chi connectivity index (χ1) is 10.9. The van der Waals surface area contributed by atoms with Gasteiger partial charge in [-0.15, -0.1) is 11.6 Å². The van der Waals surface area contributed by atoms with E-state index in [0.29, 0.717) is 17.5 Å². The third kappa shape index (κ3) is 2.73. The Kier molecular flexibility index (Phi) is 4.35. The van der Waals surface area contributed by atoms with Gasteiger partial charge in [-0.1, -0.05) is 35.4 Å². The van der Waals surface area contributed by atoms with E-state index in [4.69, 9.17) is 28.2 Å². The summed E-state index contributed by atoms with van der Waals surface area (Å²) in [6.07, 6.45) is 0.687. The number of aromatic nitrogens is 3. The molecule has 0 aliphatic rings.